The molecule has 1 unspecified atom stereocenters. The van der Waals surface area contributed by atoms with Crippen molar-refractivity contribution in [2.24, 2.45) is 5.92 Å². The van der Waals surface area contributed by atoms with E-state index in [9.17, 15) is 9.90 Å². The molecule has 1 aromatic heterocycles. The number of nitrogens with one attached hydrogen (secondary N) is 1. The third-order valence-electron chi connectivity index (χ3n) is 3.53. The van der Waals surface area contributed by atoms with E-state index in [2.05, 4.69) is 10.4 Å². The van der Waals surface area contributed by atoms with E-state index in [0.717, 1.165) is 18.5 Å². The fraction of sp³-hybridized carbons (Fsp3) is 0.692. The quantitative estimate of drug-likeness (QED) is 0.802. The Bertz CT molecular complexity index is 437. The number of aromatic nitrogens is 2. The molecule has 0 spiro atoms. The number of rotatable bonds is 6. The Hall–Kier alpha value is -1.36. The number of carboxylic acids is 1. The second-order valence-corrected chi connectivity index (χ2v) is 5.48. The van der Waals surface area contributed by atoms with Crippen molar-refractivity contribution in [2.45, 2.75) is 51.7 Å². The third kappa shape index (κ3) is 2.41. The lowest BCUT2D eigenvalue weighted by Gasteiger charge is -2.33. The van der Waals surface area contributed by atoms with E-state index in [0.29, 0.717) is 6.54 Å². The van der Waals surface area contributed by atoms with Crippen molar-refractivity contribution in [3.05, 3.63) is 18.0 Å². The van der Waals surface area contributed by atoms with Crippen LogP contribution in [0.1, 0.15) is 32.4 Å². The maximum Gasteiger partial charge on any atom is 0.326 e. The molecule has 0 aromatic carbocycles. The van der Waals surface area contributed by atoms with Crippen molar-refractivity contribution in [3.8, 4) is 0 Å². The van der Waals surface area contributed by atoms with Crippen LogP contribution in [0.15, 0.2) is 12.3 Å². The number of carbonyl (C=O) groups is 1. The second kappa shape index (κ2) is 4.72. The van der Waals surface area contributed by atoms with Crippen LogP contribution in [0.2, 0.25) is 0 Å². The topological polar surface area (TPSA) is 67.2 Å². The van der Waals surface area contributed by atoms with Gasteiger partial charge in [-0.1, -0.05) is 0 Å². The molecule has 1 aliphatic rings. The second-order valence-electron chi connectivity index (χ2n) is 5.48. The van der Waals surface area contributed by atoms with Gasteiger partial charge in [0, 0.05) is 17.9 Å². The molecule has 1 fully saturated rings. The molecule has 100 valence electrons. The molecule has 2 rings (SSSR count). The van der Waals surface area contributed by atoms with Gasteiger partial charge in [0.25, 0.3) is 0 Å². The smallest absolute Gasteiger partial charge is 0.326 e. The van der Waals surface area contributed by atoms with E-state index in [1.807, 2.05) is 26.8 Å². The summed E-state index contributed by atoms with van der Waals surface area (Å²) in [5.41, 5.74) is 0.108. The summed E-state index contributed by atoms with van der Waals surface area (Å²) in [6.07, 6.45) is 3.67. The number of hydrogen-bond donors (Lipinski definition) is 2. The molecule has 5 nitrogen and oxygen atoms in total. The van der Waals surface area contributed by atoms with Gasteiger partial charge < -0.3 is 5.11 Å². The number of nitrogens with zero attached hydrogens (tertiary/aromatic N) is 2. The van der Waals surface area contributed by atoms with Crippen LogP contribution in [-0.2, 0) is 11.3 Å². The largest absolute Gasteiger partial charge is 0.480 e. The summed E-state index contributed by atoms with van der Waals surface area (Å²) in [6, 6.07) is 2.03. The minimum Gasteiger partial charge on any atom is -0.480 e. The Morgan fingerprint density at radius 3 is 2.72 bits per heavy atom. The van der Waals surface area contributed by atoms with Crippen molar-refractivity contribution in [3.63, 3.8) is 0 Å². The molecule has 18 heavy (non-hydrogen) atoms. The summed E-state index contributed by atoms with van der Waals surface area (Å²) >= 11 is 0. The van der Waals surface area contributed by atoms with Crippen LogP contribution in [0, 0.1) is 12.8 Å². The Balaban J connectivity index is 2.28. The number of carboxylic acid groups (broad SMARTS) is 1. The van der Waals surface area contributed by atoms with E-state index in [-0.39, 0.29) is 12.0 Å². The molecule has 1 aromatic rings. The fourth-order valence-electron chi connectivity index (χ4n) is 2.49. The minimum atomic E-state index is -0.884. The average Bonchev–Trinajstić information content (AvgIpc) is 3.04. The van der Waals surface area contributed by atoms with E-state index in [4.69, 9.17) is 0 Å². The number of hydrogen-bond acceptors (Lipinski definition) is 3. The SMILES string of the molecule is Cc1ccnn1CC(NC(C)C)(C(=O)O)C1CC1. The molecular weight excluding hydrogens is 230 g/mol. The van der Waals surface area contributed by atoms with Crippen LogP contribution in [0.5, 0.6) is 0 Å². The summed E-state index contributed by atoms with van der Waals surface area (Å²) < 4.78 is 1.78. The van der Waals surface area contributed by atoms with Crippen LogP contribution in [-0.4, -0.2) is 32.4 Å². The molecule has 2 N–H and O–H groups in total. The van der Waals surface area contributed by atoms with Gasteiger partial charge in [-0.2, -0.15) is 5.10 Å². The molecule has 1 heterocycles. The highest BCUT2D eigenvalue weighted by Gasteiger charge is 2.52. The molecule has 1 atom stereocenters. The highest BCUT2D eigenvalue weighted by Crippen LogP contribution is 2.41. The molecule has 0 bridgehead atoms. The zero-order chi connectivity index (χ0) is 13.3. The van der Waals surface area contributed by atoms with Crippen molar-refractivity contribution in [1.29, 1.82) is 0 Å². The zero-order valence-electron chi connectivity index (χ0n) is 11.2. The normalized spacial score (nSPS) is 18.9. The average molecular weight is 251 g/mol. The molecule has 0 amide bonds. The Kier molecular flexibility index (Phi) is 3.43. The first-order valence-corrected chi connectivity index (χ1v) is 6.45. The number of aryl methyl sites for hydroxylation is 1. The first-order chi connectivity index (χ1) is 8.45. The van der Waals surface area contributed by atoms with Gasteiger partial charge in [0.15, 0.2) is 0 Å². The maximum absolute atomic E-state index is 11.8. The van der Waals surface area contributed by atoms with Crippen molar-refractivity contribution in [2.75, 3.05) is 0 Å². The van der Waals surface area contributed by atoms with Gasteiger partial charge >= 0.3 is 5.97 Å². The van der Waals surface area contributed by atoms with E-state index in [1.165, 1.54) is 0 Å². The molecule has 1 aliphatic carbocycles. The van der Waals surface area contributed by atoms with Crippen LogP contribution >= 0.6 is 0 Å². The Morgan fingerprint density at radius 1 is 1.67 bits per heavy atom. The molecular formula is C13H21N3O2. The molecule has 1 saturated carbocycles. The Labute approximate surface area is 107 Å². The zero-order valence-corrected chi connectivity index (χ0v) is 11.2. The highest BCUT2D eigenvalue weighted by atomic mass is 16.4. The summed E-state index contributed by atoms with van der Waals surface area (Å²) in [6.45, 7) is 6.30. The lowest BCUT2D eigenvalue weighted by atomic mass is 9.92. The van der Waals surface area contributed by atoms with Crippen LogP contribution in [0.3, 0.4) is 0 Å². The van der Waals surface area contributed by atoms with Crippen LogP contribution < -0.4 is 5.32 Å². The fourth-order valence-corrected chi connectivity index (χ4v) is 2.49. The van der Waals surface area contributed by atoms with Gasteiger partial charge in [-0.3, -0.25) is 14.8 Å². The molecule has 0 saturated heterocycles. The van der Waals surface area contributed by atoms with Gasteiger partial charge in [-0.15, -0.1) is 0 Å². The Morgan fingerprint density at radius 2 is 2.33 bits per heavy atom. The summed E-state index contributed by atoms with van der Waals surface area (Å²) in [4.78, 5) is 11.8. The summed E-state index contributed by atoms with van der Waals surface area (Å²) in [7, 11) is 0. The molecule has 0 radical (unpaired) electrons. The first-order valence-electron chi connectivity index (χ1n) is 6.45. The monoisotopic (exact) mass is 251 g/mol. The lowest BCUT2D eigenvalue weighted by molar-refractivity contribution is -0.147. The van der Waals surface area contributed by atoms with Gasteiger partial charge in [0.05, 0.1) is 6.54 Å². The summed E-state index contributed by atoms with van der Waals surface area (Å²) in [5, 5.41) is 17.1. The molecule has 5 heteroatoms. The molecule has 0 aliphatic heterocycles. The van der Waals surface area contributed by atoms with E-state index < -0.39 is 11.5 Å². The van der Waals surface area contributed by atoms with Crippen LogP contribution in [0.25, 0.3) is 0 Å². The first kappa shape index (κ1) is 13.1. The van der Waals surface area contributed by atoms with E-state index in [1.54, 1.807) is 10.9 Å². The minimum absolute atomic E-state index is 0.137. The van der Waals surface area contributed by atoms with Gasteiger partial charge in [0.2, 0.25) is 0 Å². The lowest BCUT2D eigenvalue weighted by Crippen LogP contribution is -2.59. The predicted molar refractivity (Wildman–Crippen MR) is 68.3 cm³/mol. The van der Waals surface area contributed by atoms with Crippen LogP contribution in [0.4, 0.5) is 0 Å². The number of aliphatic carboxylic acids is 1. The maximum atomic E-state index is 11.8. The van der Waals surface area contributed by atoms with Crippen molar-refractivity contribution >= 4 is 5.97 Å². The standard InChI is InChI=1S/C13H21N3O2/c1-9(2)15-13(12(17)18,11-4-5-11)8-16-10(3)6-7-14-16/h6-7,9,11,15H,4-5,8H2,1-3H3,(H,17,18). The highest BCUT2D eigenvalue weighted by molar-refractivity contribution is 5.79. The van der Waals surface area contributed by atoms with Crippen molar-refractivity contribution < 1.29 is 9.90 Å². The van der Waals surface area contributed by atoms with Gasteiger partial charge in [0.1, 0.15) is 5.54 Å². The van der Waals surface area contributed by atoms with Crippen molar-refractivity contribution in [1.82, 2.24) is 15.1 Å². The van der Waals surface area contributed by atoms with E-state index >= 15 is 0 Å². The van der Waals surface area contributed by atoms with Gasteiger partial charge in [-0.25, -0.2) is 0 Å². The predicted octanol–water partition coefficient (Wildman–Crippen LogP) is 1.42. The third-order valence-corrected chi connectivity index (χ3v) is 3.53. The van der Waals surface area contributed by atoms with Gasteiger partial charge in [-0.05, 0) is 45.6 Å². The summed E-state index contributed by atoms with van der Waals surface area (Å²) in [5.74, 6) is -0.561.